The number of aliphatic imine (C=N–C) groups is 1. The average Bonchev–Trinajstić information content (AvgIpc) is 3.49. The molecule has 0 radical (unpaired) electrons. The van der Waals surface area contributed by atoms with Crippen LogP contribution in [-0.4, -0.2) is 40.4 Å². The van der Waals surface area contributed by atoms with Crippen molar-refractivity contribution < 1.29 is 19.1 Å². The lowest BCUT2D eigenvalue weighted by atomic mass is 9.97. The summed E-state index contributed by atoms with van der Waals surface area (Å²) < 4.78 is 11.5. The van der Waals surface area contributed by atoms with Crippen LogP contribution in [0.2, 0.25) is 0 Å². The number of esters is 1. The summed E-state index contributed by atoms with van der Waals surface area (Å²) in [5, 5.41) is 0. The molecule has 0 saturated heterocycles. The minimum absolute atomic E-state index is 0.188. The van der Waals surface area contributed by atoms with Crippen molar-refractivity contribution in [2.75, 3.05) is 6.61 Å². The van der Waals surface area contributed by atoms with Crippen LogP contribution in [0.15, 0.2) is 47.5 Å². The number of aryl methyl sites for hydroxylation is 1. The number of carbonyl (C=O) groups is 2. The summed E-state index contributed by atoms with van der Waals surface area (Å²) in [6, 6.07) is 14.6. The molecule has 6 nitrogen and oxygen atoms in total. The van der Waals surface area contributed by atoms with Gasteiger partial charge >= 0.3 is 5.97 Å². The lowest BCUT2D eigenvalue weighted by Crippen LogP contribution is -2.40. The van der Waals surface area contributed by atoms with E-state index in [2.05, 4.69) is 50.2 Å². The molecular weight excluding hydrogens is 488 g/mol. The average molecular weight is 533 g/mol. The van der Waals surface area contributed by atoms with E-state index in [1.807, 2.05) is 11.0 Å². The van der Waals surface area contributed by atoms with Gasteiger partial charge in [0.15, 0.2) is 5.60 Å². The summed E-state index contributed by atoms with van der Waals surface area (Å²) in [7, 11) is 0. The van der Waals surface area contributed by atoms with E-state index in [1.165, 1.54) is 0 Å². The lowest BCUT2D eigenvalue weighted by molar-refractivity contribution is -0.158. The number of ether oxygens (including phenoxy) is 2. The largest absolute Gasteiger partial charge is 0.476 e. The maximum absolute atomic E-state index is 13.5. The molecule has 0 unspecified atom stereocenters. The molecule has 1 aliphatic heterocycles. The highest BCUT2D eigenvalue weighted by Gasteiger charge is 2.49. The smallest absolute Gasteiger partial charge is 0.349 e. The van der Waals surface area contributed by atoms with Gasteiger partial charge in [-0.1, -0.05) is 75.9 Å². The quantitative estimate of drug-likeness (QED) is 0.270. The van der Waals surface area contributed by atoms with Crippen LogP contribution in [-0.2, 0) is 27.3 Å². The standard InChI is InChI=1S/C33H44N2O4/c1-6-9-13-29-34-33(20-10-11-21-33)30(36)35(29)23-24-14-16-25(17-15-24)27-19-18-26(12-7-2)28(22-27)39-32(4,5)31(37)38-8-3/h14-19,22H,6-13,20-21,23H2,1-5H3. The molecule has 1 heterocycles. The van der Waals surface area contributed by atoms with Gasteiger partial charge in [-0.2, -0.15) is 0 Å². The van der Waals surface area contributed by atoms with Crippen LogP contribution in [0.1, 0.15) is 97.1 Å². The van der Waals surface area contributed by atoms with Crippen LogP contribution < -0.4 is 4.74 Å². The second kappa shape index (κ2) is 12.4. The summed E-state index contributed by atoms with van der Waals surface area (Å²) in [6.07, 6.45) is 8.75. The molecule has 2 aliphatic rings. The van der Waals surface area contributed by atoms with E-state index in [-0.39, 0.29) is 11.9 Å². The van der Waals surface area contributed by atoms with Crippen molar-refractivity contribution in [3.05, 3.63) is 53.6 Å². The monoisotopic (exact) mass is 532 g/mol. The Kier molecular flexibility index (Phi) is 9.14. The Morgan fingerprint density at radius 2 is 1.67 bits per heavy atom. The Morgan fingerprint density at radius 1 is 0.974 bits per heavy atom. The fourth-order valence-electron chi connectivity index (χ4n) is 5.61. The van der Waals surface area contributed by atoms with E-state index < -0.39 is 11.1 Å². The Labute approximate surface area is 233 Å². The van der Waals surface area contributed by atoms with Crippen LogP contribution in [0.3, 0.4) is 0 Å². The molecule has 2 aromatic carbocycles. The number of unbranched alkanes of at least 4 members (excludes halogenated alkanes) is 1. The van der Waals surface area contributed by atoms with E-state index >= 15 is 0 Å². The van der Waals surface area contributed by atoms with Crippen molar-refractivity contribution >= 4 is 17.7 Å². The lowest BCUT2D eigenvalue weighted by Gasteiger charge is -2.26. The predicted molar refractivity (Wildman–Crippen MR) is 156 cm³/mol. The molecular formula is C33H44N2O4. The number of hydrogen-bond donors (Lipinski definition) is 0. The van der Waals surface area contributed by atoms with E-state index in [0.717, 1.165) is 85.9 Å². The maximum atomic E-state index is 13.5. The molecule has 210 valence electrons. The van der Waals surface area contributed by atoms with Gasteiger partial charge in [0.25, 0.3) is 5.91 Å². The molecule has 1 spiro atoms. The third-order valence-corrected chi connectivity index (χ3v) is 7.83. The second-order valence-electron chi connectivity index (χ2n) is 11.4. The molecule has 4 rings (SSSR count). The van der Waals surface area contributed by atoms with Gasteiger partial charge in [-0.25, -0.2) is 4.79 Å². The third kappa shape index (κ3) is 6.37. The first-order valence-electron chi connectivity index (χ1n) is 14.7. The summed E-state index contributed by atoms with van der Waals surface area (Å²) >= 11 is 0. The van der Waals surface area contributed by atoms with Gasteiger partial charge in [-0.15, -0.1) is 0 Å². The van der Waals surface area contributed by atoms with Crippen molar-refractivity contribution in [2.45, 2.75) is 110 Å². The Morgan fingerprint density at radius 3 is 2.31 bits per heavy atom. The van der Waals surface area contributed by atoms with Gasteiger partial charge in [-0.05, 0) is 74.8 Å². The topological polar surface area (TPSA) is 68.2 Å². The molecule has 0 atom stereocenters. The molecule has 0 aromatic heterocycles. The van der Waals surface area contributed by atoms with Gasteiger partial charge in [0.05, 0.1) is 13.2 Å². The number of hydrogen-bond acceptors (Lipinski definition) is 5. The van der Waals surface area contributed by atoms with Gasteiger partial charge in [-0.3, -0.25) is 14.7 Å². The normalized spacial score (nSPS) is 16.6. The Bertz CT molecular complexity index is 1190. The highest BCUT2D eigenvalue weighted by atomic mass is 16.6. The summed E-state index contributed by atoms with van der Waals surface area (Å²) in [4.78, 5) is 32.9. The zero-order valence-electron chi connectivity index (χ0n) is 24.3. The fourth-order valence-corrected chi connectivity index (χ4v) is 5.61. The molecule has 0 N–H and O–H groups in total. The molecule has 1 aliphatic carbocycles. The van der Waals surface area contributed by atoms with Crippen LogP contribution in [0.4, 0.5) is 0 Å². The number of amidine groups is 1. The van der Waals surface area contributed by atoms with Crippen molar-refractivity contribution in [3.8, 4) is 16.9 Å². The number of amides is 1. The molecule has 0 bridgehead atoms. The van der Waals surface area contributed by atoms with Crippen molar-refractivity contribution in [1.82, 2.24) is 4.90 Å². The van der Waals surface area contributed by atoms with Crippen molar-refractivity contribution in [2.24, 2.45) is 4.99 Å². The van der Waals surface area contributed by atoms with Crippen molar-refractivity contribution in [3.63, 3.8) is 0 Å². The molecule has 6 heteroatoms. The predicted octanol–water partition coefficient (Wildman–Crippen LogP) is 7.27. The molecule has 39 heavy (non-hydrogen) atoms. The summed E-state index contributed by atoms with van der Waals surface area (Å²) in [5.41, 5.74) is 2.65. The first-order chi connectivity index (χ1) is 18.7. The highest BCUT2D eigenvalue weighted by molar-refractivity contribution is 6.08. The summed E-state index contributed by atoms with van der Waals surface area (Å²) in [6.45, 7) is 10.5. The SMILES string of the molecule is CCCCC1=NC2(CCCC2)C(=O)N1Cc1ccc(-c2ccc(CCC)c(OC(C)(C)C(=O)OCC)c2)cc1. The number of carbonyl (C=O) groups excluding carboxylic acids is 2. The van der Waals surface area contributed by atoms with E-state index in [1.54, 1.807) is 20.8 Å². The minimum atomic E-state index is -1.09. The second-order valence-corrected chi connectivity index (χ2v) is 11.4. The van der Waals surface area contributed by atoms with Crippen LogP contribution in [0, 0.1) is 0 Å². The van der Waals surface area contributed by atoms with Gasteiger partial charge in [0.2, 0.25) is 0 Å². The fraction of sp³-hybridized carbons (Fsp3) is 0.545. The van der Waals surface area contributed by atoms with Crippen LogP contribution in [0.5, 0.6) is 5.75 Å². The third-order valence-electron chi connectivity index (χ3n) is 7.83. The number of rotatable bonds is 12. The zero-order valence-corrected chi connectivity index (χ0v) is 24.3. The van der Waals surface area contributed by atoms with E-state index in [9.17, 15) is 9.59 Å². The Hall–Kier alpha value is -3.15. The van der Waals surface area contributed by atoms with E-state index in [0.29, 0.717) is 18.9 Å². The van der Waals surface area contributed by atoms with Crippen molar-refractivity contribution in [1.29, 1.82) is 0 Å². The van der Waals surface area contributed by atoms with Crippen LogP contribution in [0.25, 0.3) is 11.1 Å². The van der Waals surface area contributed by atoms with Gasteiger partial charge < -0.3 is 9.47 Å². The number of benzene rings is 2. The molecule has 1 saturated carbocycles. The minimum Gasteiger partial charge on any atom is -0.476 e. The van der Waals surface area contributed by atoms with Gasteiger partial charge in [0.1, 0.15) is 17.1 Å². The molecule has 1 fully saturated rings. The highest BCUT2D eigenvalue weighted by Crippen LogP contribution is 2.40. The molecule has 2 aromatic rings. The first-order valence-corrected chi connectivity index (χ1v) is 14.7. The van der Waals surface area contributed by atoms with E-state index in [4.69, 9.17) is 14.5 Å². The maximum Gasteiger partial charge on any atom is 0.349 e. The van der Waals surface area contributed by atoms with Crippen LogP contribution >= 0.6 is 0 Å². The first kappa shape index (κ1) is 28.8. The summed E-state index contributed by atoms with van der Waals surface area (Å²) in [5.74, 6) is 1.48. The van der Waals surface area contributed by atoms with Gasteiger partial charge in [0, 0.05) is 6.42 Å². The molecule has 1 amide bonds. The number of nitrogens with zero attached hydrogens (tertiary/aromatic N) is 2. The zero-order chi connectivity index (χ0) is 28.0. The Balaban J connectivity index is 1.54.